The van der Waals surface area contributed by atoms with Crippen LogP contribution in [0.5, 0.6) is 0 Å². The monoisotopic (exact) mass is 276 g/mol. The number of halogens is 1. The fourth-order valence-electron chi connectivity index (χ4n) is 1.25. The molecule has 0 fully saturated rings. The van der Waals surface area contributed by atoms with E-state index in [-0.39, 0.29) is 0 Å². The summed E-state index contributed by atoms with van der Waals surface area (Å²) in [6.07, 6.45) is 1.81. The molecule has 6 nitrogen and oxygen atoms in total. The van der Waals surface area contributed by atoms with Crippen molar-refractivity contribution in [2.45, 2.75) is 24.8 Å². The van der Waals surface area contributed by atoms with Crippen LogP contribution >= 0.6 is 0 Å². The molecule has 1 aromatic heterocycles. The first-order chi connectivity index (χ1) is 8.24. The highest BCUT2D eigenvalue weighted by atomic mass is 32.2. The predicted octanol–water partition coefficient (Wildman–Crippen LogP) is 0.608. The van der Waals surface area contributed by atoms with Crippen LogP contribution in [0, 0.1) is 11.7 Å². The summed E-state index contributed by atoms with van der Waals surface area (Å²) in [6, 6.07) is -0.507. The van der Waals surface area contributed by atoms with E-state index in [1.807, 2.05) is 4.72 Å². The highest BCUT2D eigenvalue weighted by molar-refractivity contribution is 7.89. The van der Waals surface area contributed by atoms with Gasteiger partial charge in [-0.05, 0) is 12.0 Å². The second-order valence-electron chi connectivity index (χ2n) is 4.02. The predicted molar refractivity (Wildman–Crippen MR) is 60.8 cm³/mol. The Morgan fingerprint density at radius 3 is 2.50 bits per heavy atom. The number of pyridine rings is 1. The summed E-state index contributed by atoms with van der Waals surface area (Å²) >= 11 is 0. The van der Waals surface area contributed by atoms with E-state index in [1.165, 1.54) is 0 Å². The molecule has 1 atom stereocenters. The number of aliphatic carboxylic acids is 1. The van der Waals surface area contributed by atoms with Crippen LogP contribution in [0.2, 0.25) is 0 Å². The Kier molecular flexibility index (Phi) is 4.36. The van der Waals surface area contributed by atoms with Gasteiger partial charge < -0.3 is 5.11 Å². The number of sulfonamides is 1. The molecule has 100 valence electrons. The molecule has 0 aliphatic heterocycles. The van der Waals surface area contributed by atoms with Gasteiger partial charge in [0, 0.05) is 6.20 Å². The third-order valence-corrected chi connectivity index (χ3v) is 3.61. The van der Waals surface area contributed by atoms with Gasteiger partial charge in [-0.2, -0.15) is 4.72 Å². The Bertz CT molecular complexity index is 545. The highest BCUT2D eigenvalue weighted by Gasteiger charge is 2.28. The molecule has 0 spiro atoms. The number of carboxylic acids is 1. The zero-order valence-corrected chi connectivity index (χ0v) is 10.6. The van der Waals surface area contributed by atoms with Crippen molar-refractivity contribution in [1.82, 2.24) is 9.71 Å². The summed E-state index contributed by atoms with van der Waals surface area (Å²) in [4.78, 5) is 13.9. The minimum absolute atomic E-state index is 0.408. The van der Waals surface area contributed by atoms with E-state index in [0.29, 0.717) is 0 Å². The number of nitrogens with one attached hydrogen (secondary N) is 1. The number of hydrogen-bond acceptors (Lipinski definition) is 4. The first kappa shape index (κ1) is 14.5. The van der Waals surface area contributed by atoms with E-state index in [1.54, 1.807) is 13.8 Å². The van der Waals surface area contributed by atoms with Gasteiger partial charge in [0.05, 0.1) is 6.20 Å². The molecule has 0 saturated carbocycles. The number of nitrogens with zero attached hydrogens (tertiary/aromatic N) is 1. The Morgan fingerprint density at radius 1 is 1.44 bits per heavy atom. The standard InChI is InChI=1S/C10H13FN2O4S/c1-6(2)9(10(14)15)13-18(16,17)8-3-7(11)4-12-5-8/h3-6,9,13H,1-2H3,(H,14,15)/t9-/m1/s1. The Balaban J connectivity index is 3.05. The Morgan fingerprint density at radius 2 is 2.06 bits per heavy atom. The van der Waals surface area contributed by atoms with Crippen molar-refractivity contribution in [3.8, 4) is 0 Å². The molecule has 8 heteroatoms. The quantitative estimate of drug-likeness (QED) is 0.821. The minimum atomic E-state index is -4.11. The molecule has 0 aliphatic carbocycles. The smallest absolute Gasteiger partial charge is 0.322 e. The third kappa shape index (κ3) is 3.47. The van der Waals surface area contributed by atoms with Gasteiger partial charge in [0.1, 0.15) is 16.8 Å². The lowest BCUT2D eigenvalue weighted by atomic mass is 10.1. The van der Waals surface area contributed by atoms with E-state index < -0.39 is 38.7 Å². The van der Waals surface area contributed by atoms with Crippen molar-refractivity contribution >= 4 is 16.0 Å². The van der Waals surface area contributed by atoms with Gasteiger partial charge in [0.25, 0.3) is 0 Å². The van der Waals surface area contributed by atoms with Crippen LogP contribution in [0.1, 0.15) is 13.8 Å². The van der Waals surface area contributed by atoms with Crippen LogP contribution in [0.15, 0.2) is 23.4 Å². The average Bonchev–Trinajstić information content (AvgIpc) is 2.25. The normalized spacial score (nSPS) is 13.6. The first-order valence-corrected chi connectivity index (χ1v) is 6.58. The number of aromatic nitrogens is 1. The van der Waals surface area contributed by atoms with Crippen LogP contribution < -0.4 is 4.72 Å². The Labute approximate surface area is 104 Å². The van der Waals surface area contributed by atoms with Crippen molar-refractivity contribution in [1.29, 1.82) is 0 Å². The van der Waals surface area contributed by atoms with Gasteiger partial charge in [0.2, 0.25) is 10.0 Å². The topological polar surface area (TPSA) is 96.4 Å². The van der Waals surface area contributed by atoms with Gasteiger partial charge in [0.15, 0.2) is 0 Å². The van der Waals surface area contributed by atoms with Gasteiger partial charge >= 0.3 is 5.97 Å². The number of carbonyl (C=O) groups is 1. The lowest BCUT2D eigenvalue weighted by molar-refractivity contribution is -0.140. The van der Waals surface area contributed by atoms with E-state index in [2.05, 4.69) is 4.98 Å². The summed E-state index contributed by atoms with van der Waals surface area (Å²) in [6.45, 7) is 3.12. The molecule has 0 unspecified atom stereocenters. The van der Waals surface area contributed by atoms with Crippen molar-refractivity contribution < 1.29 is 22.7 Å². The SMILES string of the molecule is CC(C)[C@@H](NS(=O)(=O)c1cncc(F)c1)C(=O)O. The molecule has 2 N–H and O–H groups in total. The molecule has 1 aromatic rings. The first-order valence-electron chi connectivity index (χ1n) is 5.09. The molecular formula is C10H13FN2O4S. The summed E-state index contributed by atoms with van der Waals surface area (Å²) in [5.74, 6) is -2.55. The fraction of sp³-hybridized carbons (Fsp3) is 0.400. The van der Waals surface area contributed by atoms with E-state index >= 15 is 0 Å². The van der Waals surface area contributed by atoms with Crippen LogP contribution in [0.4, 0.5) is 4.39 Å². The van der Waals surface area contributed by atoms with E-state index in [4.69, 9.17) is 5.11 Å². The maximum absolute atomic E-state index is 12.9. The summed E-state index contributed by atoms with van der Waals surface area (Å²) in [7, 11) is -4.11. The number of carboxylic acid groups (broad SMARTS) is 1. The number of rotatable bonds is 5. The second-order valence-corrected chi connectivity index (χ2v) is 5.73. The maximum Gasteiger partial charge on any atom is 0.322 e. The highest BCUT2D eigenvalue weighted by Crippen LogP contribution is 2.11. The van der Waals surface area contributed by atoms with Crippen LogP contribution in [0.25, 0.3) is 0 Å². The lowest BCUT2D eigenvalue weighted by Crippen LogP contribution is -2.44. The average molecular weight is 276 g/mol. The van der Waals surface area contributed by atoms with Gasteiger partial charge in [-0.25, -0.2) is 12.8 Å². The summed E-state index contributed by atoms with van der Waals surface area (Å²) < 4.78 is 38.5. The maximum atomic E-state index is 12.9. The molecule has 0 aliphatic rings. The lowest BCUT2D eigenvalue weighted by Gasteiger charge is -2.17. The summed E-state index contributed by atoms with van der Waals surface area (Å²) in [5, 5.41) is 8.89. The Hall–Kier alpha value is -1.54. The van der Waals surface area contributed by atoms with Crippen molar-refractivity contribution in [2.75, 3.05) is 0 Å². The molecule has 18 heavy (non-hydrogen) atoms. The summed E-state index contributed by atoms with van der Waals surface area (Å²) in [5.41, 5.74) is 0. The molecule has 0 bridgehead atoms. The fourth-order valence-corrected chi connectivity index (χ4v) is 2.56. The van der Waals surface area contributed by atoms with Crippen LogP contribution in [-0.4, -0.2) is 30.5 Å². The van der Waals surface area contributed by atoms with Crippen molar-refractivity contribution in [2.24, 2.45) is 5.92 Å². The molecule has 0 saturated heterocycles. The van der Waals surface area contributed by atoms with E-state index in [0.717, 1.165) is 18.5 Å². The van der Waals surface area contributed by atoms with Gasteiger partial charge in [-0.3, -0.25) is 9.78 Å². The van der Waals surface area contributed by atoms with Crippen molar-refractivity contribution in [3.05, 3.63) is 24.3 Å². The zero-order chi connectivity index (χ0) is 13.9. The van der Waals surface area contributed by atoms with E-state index in [9.17, 15) is 17.6 Å². The third-order valence-electron chi connectivity index (χ3n) is 2.20. The molecule has 0 radical (unpaired) electrons. The molecule has 1 rings (SSSR count). The van der Waals surface area contributed by atoms with Gasteiger partial charge in [-0.15, -0.1) is 0 Å². The molecule has 1 heterocycles. The minimum Gasteiger partial charge on any atom is -0.480 e. The van der Waals surface area contributed by atoms with Crippen molar-refractivity contribution in [3.63, 3.8) is 0 Å². The number of hydrogen-bond donors (Lipinski definition) is 2. The molecular weight excluding hydrogens is 263 g/mol. The molecule has 0 aromatic carbocycles. The van der Waals surface area contributed by atoms with Crippen LogP contribution in [0.3, 0.4) is 0 Å². The molecule has 0 amide bonds. The largest absolute Gasteiger partial charge is 0.480 e. The van der Waals surface area contributed by atoms with Crippen LogP contribution in [-0.2, 0) is 14.8 Å². The zero-order valence-electron chi connectivity index (χ0n) is 9.79. The second kappa shape index (κ2) is 5.40. The van der Waals surface area contributed by atoms with Gasteiger partial charge in [-0.1, -0.05) is 13.8 Å².